The van der Waals surface area contributed by atoms with Gasteiger partial charge in [-0.2, -0.15) is 0 Å². The van der Waals surface area contributed by atoms with Gasteiger partial charge >= 0.3 is 0 Å². The van der Waals surface area contributed by atoms with E-state index >= 15 is 0 Å². The Morgan fingerprint density at radius 2 is 2.12 bits per heavy atom. The lowest BCUT2D eigenvalue weighted by Gasteiger charge is -2.16. The van der Waals surface area contributed by atoms with E-state index in [1.165, 1.54) is 12.8 Å². The summed E-state index contributed by atoms with van der Waals surface area (Å²) in [6.07, 6.45) is 7.60. The normalized spacial score (nSPS) is 14.1. The SMILES string of the molecule is C=CCC(C)NC(=O)CCC(CCC)CCN. The van der Waals surface area contributed by atoms with E-state index in [0.717, 1.165) is 25.8 Å². The highest BCUT2D eigenvalue weighted by Gasteiger charge is 2.11. The van der Waals surface area contributed by atoms with Gasteiger partial charge in [-0.1, -0.05) is 25.8 Å². The highest BCUT2D eigenvalue weighted by molar-refractivity contribution is 5.76. The quantitative estimate of drug-likeness (QED) is 0.577. The number of amides is 1. The summed E-state index contributed by atoms with van der Waals surface area (Å²) >= 11 is 0. The van der Waals surface area contributed by atoms with Gasteiger partial charge in [0.05, 0.1) is 0 Å². The molecule has 0 spiro atoms. The van der Waals surface area contributed by atoms with Crippen molar-refractivity contribution in [3.8, 4) is 0 Å². The zero-order chi connectivity index (χ0) is 13.1. The van der Waals surface area contributed by atoms with Crippen LogP contribution in [0.1, 0.15) is 52.4 Å². The van der Waals surface area contributed by atoms with Crippen molar-refractivity contribution in [3.63, 3.8) is 0 Å². The molecular weight excluding hydrogens is 212 g/mol. The molecule has 0 aliphatic rings. The van der Waals surface area contributed by atoms with Gasteiger partial charge in [0.15, 0.2) is 0 Å². The van der Waals surface area contributed by atoms with E-state index in [9.17, 15) is 4.79 Å². The molecule has 0 heterocycles. The van der Waals surface area contributed by atoms with E-state index in [-0.39, 0.29) is 11.9 Å². The first kappa shape index (κ1) is 16.2. The van der Waals surface area contributed by atoms with Crippen LogP contribution in [0.2, 0.25) is 0 Å². The second kappa shape index (κ2) is 10.3. The fourth-order valence-corrected chi connectivity index (χ4v) is 2.07. The van der Waals surface area contributed by atoms with Gasteiger partial charge in [0.25, 0.3) is 0 Å². The van der Waals surface area contributed by atoms with Crippen LogP contribution in [0, 0.1) is 5.92 Å². The molecule has 0 aromatic rings. The Bertz CT molecular complexity index is 210. The minimum Gasteiger partial charge on any atom is -0.353 e. The molecule has 0 saturated carbocycles. The second-order valence-corrected chi connectivity index (χ2v) is 4.76. The first-order valence-corrected chi connectivity index (χ1v) is 6.74. The number of carbonyl (C=O) groups is 1. The lowest BCUT2D eigenvalue weighted by atomic mass is 9.94. The number of nitrogens with two attached hydrogens (primary N) is 1. The molecular formula is C14H28N2O. The number of nitrogens with one attached hydrogen (secondary N) is 1. The van der Waals surface area contributed by atoms with Crippen molar-refractivity contribution >= 4 is 5.91 Å². The molecule has 0 radical (unpaired) electrons. The van der Waals surface area contributed by atoms with Crippen molar-refractivity contribution in [1.82, 2.24) is 5.32 Å². The smallest absolute Gasteiger partial charge is 0.220 e. The summed E-state index contributed by atoms with van der Waals surface area (Å²) in [7, 11) is 0. The summed E-state index contributed by atoms with van der Waals surface area (Å²) in [5.74, 6) is 0.753. The van der Waals surface area contributed by atoms with Crippen molar-refractivity contribution in [2.45, 2.75) is 58.4 Å². The van der Waals surface area contributed by atoms with E-state index in [1.54, 1.807) is 0 Å². The number of rotatable bonds is 10. The highest BCUT2D eigenvalue weighted by Crippen LogP contribution is 2.16. The molecule has 3 nitrogen and oxygen atoms in total. The van der Waals surface area contributed by atoms with Crippen LogP contribution in [-0.4, -0.2) is 18.5 Å². The summed E-state index contributed by atoms with van der Waals surface area (Å²) < 4.78 is 0. The third-order valence-corrected chi connectivity index (χ3v) is 2.98. The molecule has 0 rings (SSSR count). The van der Waals surface area contributed by atoms with Gasteiger partial charge < -0.3 is 11.1 Å². The Labute approximate surface area is 106 Å². The second-order valence-electron chi connectivity index (χ2n) is 4.76. The van der Waals surface area contributed by atoms with E-state index in [0.29, 0.717) is 12.3 Å². The number of hydrogen-bond acceptors (Lipinski definition) is 2. The first-order chi connectivity index (χ1) is 8.13. The molecule has 17 heavy (non-hydrogen) atoms. The van der Waals surface area contributed by atoms with E-state index in [4.69, 9.17) is 5.73 Å². The maximum absolute atomic E-state index is 11.7. The van der Waals surface area contributed by atoms with Crippen LogP contribution in [0.5, 0.6) is 0 Å². The fourth-order valence-electron chi connectivity index (χ4n) is 2.07. The van der Waals surface area contributed by atoms with Crippen LogP contribution in [0.15, 0.2) is 12.7 Å². The Hall–Kier alpha value is -0.830. The summed E-state index contributed by atoms with van der Waals surface area (Å²) in [6, 6.07) is 0.194. The first-order valence-electron chi connectivity index (χ1n) is 6.74. The van der Waals surface area contributed by atoms with E-state index in [1.807, 2.05) is 13.0 Å². The summed E-state index contributed by atoms with van der Waals surface area (Å²) in [5.41, 5.74) is 5.57. The standard InChI is InChI=1S/C14H28N2O/c1-4-6-12(3)16-14(17)9-8-13(7-5-2)10-11-15/h4,12-13H,1,5-11,15H2,2-3H3,(H,16,17). The van der Waals surface area contributed by atoms with Crippen LogP contribution in [-0.2, 0) is 4.79 Å². The predicted octanol–water partition coefficient (Wildman–Crippen LogP) is 2.61. The molecule has 0 aliphatic heterocycles. The van der Waals surface area contributed by atoms with Crippen LogP contribution in [0.4, 0.5) is 0 Å². The Kier molecular flexibility index (Phi) is 9.83. The lowest BCUT2D eigenvalue weighted by molar-refractivity contribution is -0.122. The number of carbonyl (C=O) groups excluding carboxylic acids is 1. The minimum absolute atomic E-state index is 0.150. The molecule has 2 unspecified atom stereocenters. The highest BCUT2D eigenvalue weighted by atomic mass is 16.1. The molecule has 0 bridgehead atoms. The molecule has 1 amide bonds. The Morgan fingerprint density at radius 1 is 1.41 bits per heavy atom. The van der Waals surface area contributed by atoms with E-state index in [2.05, 4.69) is 18.8 Å². The van der Waals surface area contributed by atoms with Gasteiger partial charge in [-0.05, 0) is 38.6 Å². The molecule has 3 N–H and O–H groups in total. The maximum atomic E-state index is 11.7. The summed E-state index contributed by atoms with van der Waals surface area (Å²) in [4.78, 5) is 11.7. The van der Waals surface area contributed by atoms with Gasteiger partial charge in [-0.25, -0.2) is 0 Å². The van der Waals surface area contributed by atoms with Gasteiger partial charge in [-0.3, -0.25) is 4.79 Å². The molecule has 0 saturated heterocycles. The molecule has 2 atom stereocenters. The van der Waals surface area contributed by atoms with Crippen molar-refractivity contribution in [3.05, 3.63) is 12.7 Å². The molecule has 0 aromatic heterocycles. The lowest BCUT2D eigenvalue weighted by Crippen LogP contribution is -2.32. The van der Waals surface area contributed by atoms with Gasteiger partial charge in [-0.15, -0.1) is 6.58 Å². The van der Waals surface area contributed by atoms with Gasteiger partial charge in [0, 0.05) is 12.5 Å². The van der Waals surface area contributed by atoms with Crippen molar-refractivity contribution in [2.24, 2.45) is 11.7 Å². The Morgan fingerprint density at radius 3 is 2.65 bits per heavy atom. The molecule has 100 valence electrons. The molecule has 0 aromatic carbocycles. The van der Waals surface area contributed by atoms with Gasteiger partial charge in [0.2, 0.25) is 5.91 Å². The monoisotopic (exact) mass is 240 g/mol. The van der Waals surface area contributed by atoms with Crippen LogP contribution >= 0.6 is 0 Å². The molecule has 0 aliphatic carbocycles. The third-order valence-electron chi connectivity index (χ3n) is 2.98. The number of hydrogen-bond donors (Lipinski definition) is 2. The average molecular weight is 240 g/mol. The molecule has 0 fully saturated rings. The maximum Gasteiger partial charge on any atom is 0.220 e. The average Bonchev–Trinajstić information content (AvgIpc) is 2.27. The third kappa shape index (κ3) is 8.93. The zero-order valence-corrected chi connectivity index (χ0v) is 11.4. The van der Waals surface area contributed by atoms with E-state index < -0.39 is 0 Å². The van der Waals surface area contributed by atoms with Crippen molar-refractivity contribution in [2.75, 3.05) is 6.54 Å². The summed E-state index contributed by atoms with van der Waals surface area (Å²) in [5, 5.41) is 2.98. The molecule has 3 heteroatoms. The van der Waals surface area contributed by atoms with Gasteiger partial charge in [0.1, 0.15) is 0 Å². The van der Waals surface area contributed by atoms with Crippen molar-refractivity contribution in [1.29, 1.82) is 0 Å². The largest absolute Gasteiger partial charge is 0.353 e. The predicted molar refractivity (Wildman–Crippen MR) is 73.7 cm³/mol. The summed E-state index contributed by atoms with van der Waals surface area (Å²) in [6.45, 7) is 8.57. The van der Waals surface area contributed by atoms with Crippen LogP contribution in [0.25, 0.3) is 0 Å². The van der Waals surface area contributed by atoms with Crippen LogP contribution in [0.3, 0.4) is 0 Å². The minimum atomic E-state index is 0.150. The topological polar surface area (TPSA) is 55.1 Å². The Balaban J connectivity index is 3.82. The zero-order valence-electron chi connectivity index (χ0n) is 11.4. The fraction of sp³-hybridized carbons (Fsp3) is 0.786. The van der Waals surface area contributed by atoms with Crippen molar-refractivity contribution < 1.29 is 4.79 Å². The van der Waals surface area contributed by atoms with Crippen LogP contribution < -0.4 is 11.1 Å².